The summed E-state index contributed by atoms with van der Waals surface area (Å²) in [5.41, 5.74) is 9.04. The van der Waals surface area contributed by atoms with Crippen molar-refractivity contribution in [3.63, 3.8) is 0 Å². The molecule has 40 heavy (non-hydrogen) atoms. The molecule has 2 heterocycles. The lowest BCUT2D eigenvalue weighted by Crippen LogP contribution is -2.42. The molecule has 2 amide bonds. The number of aromatic amines is 1. The Morgan fingerprint density at radius 3 is 2.50 bits per heavy atom. The summed E-state index contributed by atoms with van der Waals surface area (Å²) in [6, 6.07) is 17.8. The second-order valence-corrected chi connectivity index (χ2v) is 9.81. The Morgan fingerprint density at radius 2 is 1.75 bits per heavy atom. The number of fused-ring (bicyclic) bond motifs is 1. The van der Waals surface area contributed by atoms with E-state index in [-0.39, 0.29) is 18.0 Å². The Morgan fingerprint density at radius 1 is 1.00 bits per heavy atom. The van der Waals surface area contributed by atoms with Gasteiger partial charge in [0.1, 0.15) is 5.75 Å². The first kappa shape index (κ1) is 27.3. The second kappa shape index (κ2) is 11.4. The van der Waals surface area contributed by atoms with E-state index in [1.54, 1.807) is 29.2 Å². The molecule has 1 atom stereocenters. The van der Waals surface area contributed by atoms with Crippen molar-refractivity contribution in [2.24, 2.45) is 5.73 Å². The molecule has 0 bridgehead atoms. The van der Waals surface area contributed by atoms with E-state index in [1.165, 1.54) is 12.1 Å². The van der Waals surface area contributed by atoms with E-state index >= 15 is 0 Å². The van der Waals surface area contributed by atoms with E-state index in [1.807, 2.05) is 30.5 Å². The van der Waals surface area contributed by atoms with Crippen molar-refractivity contribution in [2.45, 2.75) is 31.7 Å². The molecular weight excluding hydrogens is 521 g/mol. The monoisotopic (exact) mass is 550 g/mol. The highest BCUT2D eigenvalue weighted by molar-refractivity contribution is 5.99. The van der Waals surface area contributed by atoms with Gasteiger partial charge < -0.3 is 25.7 Å². The normalized spacial score (nSPS) is 14.3. The molecule has 0 spiro atoms. The van der Waals surface area contributed by atoms with Gasteiger partial charge in [-0.25, -0.2) is 0 Å². The third kappa shape index (κ3) is 6.12. The number of halogens is 3. The summed E-state index contributed by atoms with van der Waals surface area (Å²) in [6.45, 7) is 1.45. The maximum Gasteiger partial charge on any atom is 0.573 e. The summed E-state index contributed by atoms with van der Waals surface area (Å²) in [7, 11) is 0. The van der Waals surface area contributed by atoms with Gasteiger partial charge in [-0.05, 0) is 66.3 Å². The van der Waals surface area contributed by atoms with Crippen LogP contribution in [-0.4, -0.2) is 53.7 Å². The van der Waals surface area contributed by atoms with Crippen LogP contribution in [0.2, 0.25) is 0 Å². The van der Waals surface area contributed by atoms with Crippen LogP contribution in [0.3, 0.4) is 0 Å². The Labute approximate surface area is 229 Å². The van der Waals surface area contributed by atoms with Crippen LogP contribution in [0.5, 0.6) is 5.75 Å². The molecule has 208 valence electrons. The van der Waals surface area contributed by atoms with Crippen LogP contribution in [0, 0.1) is 0 Å². The molecule has 1 unspecified atom stereocenters. The molecule has 0 saturated carbocycles. The predicted molar refractivity (Wildman–Crippen MR) is 146 cm³/mol. The number of aromatic nitrogens is 1. The summed E-state index contributed by atoms with van der Waals surface area (Å²) in [5, 5.41) is 3.75. The SMILES string of the molecule is NCC(Cc1c[nH]c2ccccc12)NC(=O)c1cc(-c2cccc(C(=O)N3CCCC3)c2)ccc1OC(F)(F)F. The number of hydrogen-bond acceptors (Lipinski definition) is 4. The Bertz CT molecular complexity index is 1530. The molecular formula is C30H29F3N4O3. The summed E-state index contributed by atoms with van der Waals surface area (Å²) in [5.74, 6) is -1.47. The number of alkyl halides is 3. The summed E-state index contributed by atoms with van der Waals surface area (Å²) in [6.07, 6.45) is -0.879. The molecule has 3 aromatic carbocycles. The van der Waals surface area contributed by atoms with Gasteiger partial charge in [0.25, 0.3) is 11.8 Å². The molecule has 10 heteroatoms. The van der Waals surface area contributed by atoms with Crippen LogP contribution in [0.1, 0.15) is 39.1 Å². The smallest absolute Gasteiger partial charge is 0.405 e. The van der Waals surface area contributed by atoms with Gasteiger partial charge in [0.15, 0.2) is 0 Å². The Balaban J connectivity index is 1.42. The lowest BCUT2D eigenvalue weighted by atomic mass is 9.99. The molecule has 4 aromatic rings. The van der Waals surface area contributed by atoms with Crippen LogP contribution in [-0.2, 0) is 6.42 Å². The molecule has 1 saturated heterocycles. The molecule has 4 N–H and O–H groups in total. The fraction of sp³-hybridized carbons (Fsp3) is 0.267. The van der Waals surface area contributed by atoms with Crippen molar-refractivity contribution >= 4 is 22.7 Å². The molecule has 1 aliphatic heterocycles. The first-order chi connectivity index (χ1) is 19.2. The maximum absolute atomic E-state index is 13.4. The Kier molecular flexibility index (Phi) is 7.79. The molecule has 0 aliphatic carbocycles. The van der Waals surface area contributed by atoms with Gasteiger partial charge in [-0.1, -0.05) is 36.4 Å². The largest absolute Gasteiger partial charge is 0.573 e. The summed E-state index contributed by atoms with van der Waals surface area (Å²) < 4.78 is 43.8. The van der Waals surface area contributed by atoms with Crippen LogP contribution < -0.4 is 15.8 Å². The minimum atomic E-state index is -4.99. The zero-order valence-corrected chi connectivity index (χ0v) is 21.6. The standard InChI is InChI=1S/C30H29F3N4O3/c31-30(32,33)40-27-11-10-20(19-6-5-7-21(14-19)29(39)37-12-3-4-13-37)16-25(27)28(38)36-23(17-34)15-22-18-35-26-9-2-1-8-24(22)26/h1-2,5-11,14,16,18,23,35H,3-4,12-13,15,17,34H2,(H,36,38). The minimum absolute atomic E-state index is 0.0705. The zero-order chi connectivity index (χ0) is 28.3. The van der Waals surface area contributed by atoms with E-state index in [0.29, 0.717) is 36.2 Å². The average molecular weight is 551 g/mol. The Hall–Kier alpha value is -4.31. The van der Waals surface area contributed by atoms with Gasteiger partial charge in [0.2, 0.25) is 0 Å². The fourth-order valence-electron chi connectivity index (χ4n) is 5.06. The molecule has 0 radical (unpaired) electrons. The quantitative estimate of drug-likeness (QED) is 0.278. The number of hydrogen-bond donors (Lipinski definition) is 3. The number of nitrogens with one attached hydrogen (secondary N) is 2. The van der Waals surface area contributed by atoms with Crippen molar-refractivity contribution < 1.29 is 27.5 Å². The number of amides is 2. The van der Waals surface area contributed by atoms with E-state index in [0.717, 1.165) is 35.4 Å². The van der Waals surface area contributed by atoms with Crippen LogP contribution >= 0.6 is 0 Å². The van der Waals surface area contributed by atoms with Crippen molar-refractivity contribution in [1.29, 1.82) is 0 Å². The minimum Gasteiger partial charge on any atom is -0.405 e. The molecule has 1 aliphatic rings. The second-order valence-electron chi connectivity index (χ2n) is 9.81. The lowest BCUT2D eigenvalue weighted by Gasteiger charge is -2.19. The van der Waals surface area contributed by atoms with Crippen LogP contribution in [0.25, 0.3) is 22.0 Å². The van der Waals surface area contributed by atoms with Gasteiger partial charge in [-0.2, -0.15) is 0 Å². The van der Waals surface area contributed by atoms with Gasteiger partial charge in [0, 0.05) is 48.3 Å². The number of benzene rings is 3. The number of nitrogens with two attached hydrogens (primary N) is 1. The number of likely N-dealkylation sites (tertiary alicyclic amines) is 1. The number of carbonyl (C=O) groups is 2. The van der Waals surface area contributed by atoms with Gasteiger partial charge in [0.05, 0.1) is 5.56 Å². The number of para-hydroxylation sites is 1. The van der Waals surface area contributed by atoms with Crippen LogP contribution in [0.4, 0.5) is 13.2 Å². The third-order valence-corrected chi connectivity index (χ3v) is 7.05. The predicted octanol–water partition coefficient (Wildman–Crippen LogP) is 5.27. The van der Waals surface area contributed by atoms with E-state index in [2.05, 4.69) is 15.0 Å². The number of rotatable bonds is 8. The zero-order valence-electron chi connectivity index (χ0n) is 21.6. The van der Waals surface area contributed by atoms with Gasteiger partial charge in [-0.15, -0.1) is 13.2 Å². The van der Waals surface area contributed by atoms with E-state index < -0.39 is 24.1 Å². The fourth-order valence-corrected chi connectivity index (χ4v) is 5.06. The van der Waals surface area contributed by atoms with Crippen LogP contribution in [0.15, 0.2) is 72.9 Å². The third-order valence-electron chi connectivity index (χ3n) is 7.05. The van der Waals surface area contributed by atoms with Gasteiger partial charge in [-0.3, -0.25) is 9.59 Å². The van der Waals surface area contributed by atoms with E-state index in [4.69, 9.17) is 5.73 Å². The molecule has 7 nitrogen and oxygen atoms in total. The highest BCUT2D eigenvalue weighted by Gasteiger charge is 2.33. The van der Waals surface area contributed by atoms with Gasteiger partial charge >= 0.3 is 6.36 Å². The summed E-state index contributed by atoms with van der Waals surface area (Å²) in [4.78, 5) is 31.2. The van der Waals surface area contributed by atoms with Crippen molar-refractivity contribution in [3.05, 3.63) is 89.6 Å². The molecule has 5 rings (SSSR count). The average Bonchev–Trinajstić information content (AvgIpc) is 3.62. The number of ether oxygens (including phenoxy) is 1. The first-order valence-corrected chi connectivity index (χ1v) is 13.1. The van der Waals surface area contributed by atoms with Crippen molar-refractivity contribution in [1.82, 2.24) is 15.2 Å². The summed E-state index contributed by atoms with van der Waals surface area (Å²) >= 11 is 0. The number of carbonyl (C=O) groups excluding carboxylic acids is 2. The molecule has 1 aromatic heterocycles. The first-order valence-electron chi connectivity index (χ1n) is 13.1. The lowest BCUT2D eigenvalue weighted by molar-refractivity contribution is -0.274. The molecule has 1 fully saturated rings. The number of nitrogens with zero attached hydrogens (tertiary/aromatic N) is 1. The highest BCUT2D eigenvalue weighted by Crippen LogP contribution is 2.32. The van der Waals surface area contributed by atoms with Crippen molar-refractivity contribution in [2.75, 3.05) is 19.6 Å². The number of H-pyrrole nitrogens is 1. The highest BCUT2D eigenvalue weighted by atomic mass is 19.4. The van der Waals surface area contributed by atoms with Crippen molar-refractivity contribution in [3.8, 4) is 16.9 Å². The maximum atomic E-state index is 13.4. The van der Waals surface area contributed by atoms with E-state index in [9.17, 15) is 22.8 Å². The topological polar surface area (TPSA) is 100 Å².